The Balaban J connectivity index is 1.44. The lowest BCUT2D eigenvalue weighted by Gasteiger charge is -2.33. The molecule has 4 rings (SSSR count). The highest BCUT2D eigenvalue weighted by Gasteiger charge is 2.23. The molecular formula is C17H16BrN3OS. The number of benzene rings is 1. The second-order valence-corrected chi connectivity index (χ2v) is 7.41. The highest BCUT2D eigenvalue weighted by Crippen LogP contribution is 2.29. The van der Waals surface area contributed by atoms with Crippen molar-refractivity contribution in [2.45, 2.75) is 18.9 Å². The normalized spacial score (nSPS) is 16.0. The molecule has 0 atom stereocenters. The number of fused-ring (bicyclic) bond motifs is 1. The first kappa shape index (κ1) is 14.9. The predicted molar refractivity (Wildman–Crippen MR) is 97.4 cm³/mol. The van der Waals surface area contributed by atoms with Crippen LogP contribution in [0.4, 0.5) is 5.82 Å². The fourth-order valence-corrected chi connectivity index (χ4v) is 4.05. The predicted octanol–water partition coefficient (Wildman–Crippen LogP) is 4.50. The maximum atomic E-state index is 6.11. The smallest absolute Gasteiger partial charge is 0.140 e. The summed E-state index contributed by atoms with van der Waals surface area (Å²) in [6.07, 6.45) is 3.93. The third-order valence-electron chi connectivity index (χ3n) is 4.08. The van der Waals surface area contributed by atoms with Gasteiger partial charge in [0.25, 0.3) is 0 Å². The van der Waals surface area contributed by atoms with Crippen molar-refractivity contribution in [2.75, 3.05) is 18.0 Å². The van der Waals surface area contributed by atoms with Crippen molar-refractivity contribution in [3.05, 3.63) is 46.5 Å². The van der Waals surface area contributed by atoms with Gasteiger partial charge in [-0.05, 0) is 29.6 Å². The number of halogens is 1. The Hall–Kier alpha value is -1.66. The summed E-state index contributed by atoms with van der Waals surface area (Å²) < 4.78 is 7.15. The second kappa shape index (κ2) is 6.45. The van der Waals surface area contributed by atoms with Crippen molar-refractivity contribution in [3.63, 3.8) is 0 Å². The minimum atomic E-state index is 0.264. The molecule has 0 unspecified atom stereocenters. The molecule has 3 aromatic rings. The number of nitrogens with zero attached hydrogens (tertiary/aromatic N) is 3. The van der Waals surface area contributed by atoms with E-state index >= 15 is 0 Å². The maximum absolute atomic E-state index is 6.11. The molecule has 1 fully saturated rings. The van der Waals surface area contributed by atoms with Crippen LogP contribution in [0, 0.1) is 0 Å². The first-order chi connectivity index (χ1) is 11.3. The van der Waals surface area contributed by atoms with E-state index in [9.17, 15) is 0 Å². The van der Waals surface area contributed by atoms with Gasteiger partial charge in [0.05, 0.1) is 5.39 Å². The van der Waals surface area contributed by atoms with E-state index in [2.05, 4.69) is 42.2 Å². The number of aromatic nitrogens is 2. The third-order valence-corrected chi connectivity index (χ3v) is 5.40. The fraction of sp³-hybridized carbons (Fsp3) is 0.294. The van der Waals surface area contributed by atoms with Crippen molar-refractivity contribution < 1.29 is 4.74 Å². The Kier molecular flexibility index (Phi) is 4.18. The number of rotatable bonds is 3. The molecule has 3 heterocycles. The lowest BCUT2D eigenvalue weighted by molar-refractivity contribution is 0.170. The van der Waals surface area contributed by atoms with Gasteiger partial charge >= 0.3 is 0 Å². The Labute approximate surface area is 147 Å². The molecule has 0 N–H and O–H groups in total. The van der Waals surface area contributed by atoms with Gasteiger partial charge in [0.1, 0.15) is 28.8 Å². The molecule has 0 amide bonds. The molecule has 4 nitrogen and oxygen atoms in total. The quantitative estimate of drug-likeness (QED) is 0.660. The van der Waals surface area contributed by atoms with E-state index in [0.29, 0.717) is 0 Å². The highest BCUT2D eigenvalue weighted by atomic mass is 79.9. The van der Waals surface area contributed by atoms with Crippen molar-refractivity contribution in [1.82, 2.24) is 9.97 Å². The van der Waals surface area contributed by atoms with Crippen LogP contribution in [0.2, 0.25) is 0 Å². The summed E-state index contributed by atoms with van der Waals surface area (Å²) in [6.45, 7) is 1.92. The molecule has 118 valence electrons. The number of thiophene rings is 1. The van der Waals surface area contributed by atoms with Crippen molar-refractivity contribution in [3.8, 4) is 5.75 Å². The van der Waals surface area contributed by atoms with Crippen LogP contribution in [0.25, 0.3) is 10.2 Å². The maximum Gasteiger partial charge on any atom is 0.140 e. The van der Waals surface area contributed by atoms with E-state index in [1.807, 2.05) is 24.3 Å². The van der Waals surface area contributed by atoms with Crippen LogP contribution in [0.15, 0.2) is 46.5 Å². The van der Waals surface area contributed by atoms with Gasteiger partial charge in [0.2, 0.25) is 0 Å². The van der Waals surface area contributed by atoms with Gasteiger partial charge in [-0.3, -0.25) is 0 Å². The van der Waals surface area contributed by atoms with Crippen LogP contribution in [0.5, 0.6) is 5.75 Å². The number of piperidine rings is 1. The summed E-state index contributed by atoms with van der Waals surface area (Å²) in [7, 11) is 0. The monoisotopic (exact) mass is 389 g/mol. The Morgan fingerprint density at radius 3 is 2.87 bits per heavy atom. The minimum absolute atomic E-state index is 0.264. The largest absolute Gasteiger partial charge is 0.490 e. The van der Waals surface area contributed by atoms with Gasteiger partial charge in [0.15, 0.2) is 0 Å². The van der Waals surface area contributed by atoms with Crippen LogP contribution in [0.1, 0.15) is 12.8 Å². The molecule has 0 spiro atoms. The zero-order chi connectivity index (χ0) is 15.6. The first-order valence-corrected chi connectivity index (χ1v) is 9.32. The topological polar surface area (TPSA) is 38.2 Å². The Morgan fingerprint density at radius 2 is 2.04 bits per heavy atom. The second-order valence-electron chi connectivity index (χ2n) is 5.60. The molecule has 1 aliphatic rings. The molecule has 1 aromatic carbocycles. The van der Waals surface area contributed by atoms with Gasteiger partial charge in [-0.1, -0.05) is 22.0 Å². The Morgan fingerprint density at radius 1 is 1.17 bits per heavy atom. The van der Waals surface area contributed by atoms with Gasteiger partial charge in [-0.25, -0.2) is 9.97 Å². The van der Waals surface area contributed by atoms with E-state index in [4.69, 9.17) is 4.74 Å². The van der Waals surface area contributed by atoms with E-state index in [0.717, 1.165) is 52.2 Å². The van der Waals surface area contributed by atoms with Crippen LogP contribution < -0.4 is 9.64 Å². The number of hydrogen-bond acceptors (Lipinski definition) is 5. The lowest BCUT2D eigenvalue weighted by atomic mass is 10.1. The van der Waals surface area contributed by atoms with Gasteiger partial charge in [-0.15, -0.1) is 11.3 Å². The SMILES string of the molecule is Brc1cccc(OC2CCN(c3ncnc4sccc34)CC2)c1. The van der Waals surface area contributed by atoms with Gasteiger partial charge in [0, 0.05) is 30.4 Å². The summed E-state index contributed by atoms with van der Waals surface area (Å²) in [5.41, 5.74) is 0. The van der Waals surface area contributed by atoms with E-state index in [1.165, 1.54) is 0 Å². The summed E-state index contributed by atoms with van der Waals surface area (Å²) in [5, 5.41) is 3.23. The third kappa shape index (κ3) is 3.19. The van der Waals surface area contributed by atoms with E-state index < -0.39 is 0 Å². The average Bonchev–Trinajstić information content (AvgIpc) is 3.04. The highest BCUT2D eigenvalue weighted by molar-refractivity contribution is 9.10. The Bertz CT molecular complexity index is 814. The van der Waals surface area contributed by atoms with Gasteiger partial charge < -0.3 is 9.64 Å². The lowest BCUT2D eigenvalue weighted by Crippen LogP contribution is -2.38. The number of ether oxygens (including phenoxy) is 1. The fourth-order valence-electron chi connectivity index (χ4n) is 2.95. The van der Waals surface area contributed by atoms with Crippen molar-refractivity contribution >= 4 is 43.3 Å². The molecule has 0 bridgehead atoms. The molecule has 2 aromatic heterocycles. The molecule has 1 aliphatic heterocycles. The van der Waals surface area contributed by atoms with Crippen molar-refractivity contribution in [2.24, 2.45) is 0 Å². The standard InChI is InChI=1S/C17H16BrN3OS/c18-12-2-1-3-14(10-12)22-13-4-7-21(8-5-13)16-15-6-9-23-17(15)20-11-19-16/h1-3,6,9-11,13H,4-5,7-8H2. The summed E-state index contributed by atoms with van der Waals surface area (Å²) in [6, 6.07) is 10.2. The molecule has 23 heavy (non-hydrogen) atoms. The summed E-state index contributed by atoms with van der Waals surface area (Å²) >= 11 is 5.15. The molecule has 1 saturated heterocycles. The van der Waals surface area contributed by atoms with Crippen molar-refractivity contribution in [1.29, 1.82) is 0 Å². The van der Waals surface area contributed by atoms with Gasteiger partial charge in [-0.2, -0.15) is 0 Å². The van der Waals surface area contributed by atoms with E-state index in [-0.39, 0.29) is 6.10 Å². The molecule has 0 saturated carbocycles. The average molecular weight is 390 g/mol. The molecular weight excluding hydrogens is 374 g/mol. The first-order valence-electron chi connectivity index (χ1n) is 7.65. The molecule has 0 aliphatic carbocycles. The van der Waals surface area contributed by atoms with E-state index in [1.54, 1.807) is 17.7 Å². The molecule has 0 radical (unpaired) electrons. The summed E-state index contributed by atoms with van der Waals surface area (Å²) in [5.74, 6) is 1.98. The van der Waals surface area contributed by atoms with Crippen LogP contribution in [-0.4, -0.2) is 29.2 Å². The van der Waals surface area contributed by atoms with Crippen LogP contribution in [-0.2, 0) is 0 Å². The molecule has 6 heteroatoms. The van der Waals surface area contributed by atoms with Crippen LogP contribution in [0.3, 0.4) is 0 Å². The summed E-state index contributed by atoms with van der Waals surface area (Å²) in [4.78, 5) is 12.2. The number of hydrogen-bond donors (Lipinski definition) is 0. The zero-order valence-electron chi connectivity index (χ0n) is 12.5. The minimum Gasteiger partial charge on any atom is -0.490 e. The van der Waals surface area contributed by atoms with Crippen LogP contribution >= 0.6 is 27.3 Å². The zero-order valence-corrected chi connectivity index (χ0v) is 14.9. The number of anilines is 1.